The zero-order valence-electron chi connectivity index (χ0n) is 12.8. The van der Waals surface area contributed by atoms with Crippen molar-refractivity contribution in [2.24, 2.45) is 0 Å². The Labute approximate surface area is 141 Å². The molecule has 2 heterocycles. The van der Waals surface area contributed by atoms with Crippen molar-refractivity contribution in [3.63, 3.8) is 0 Å². The highest BCUT2D eigenvalue weighted by molar-refractivity contribution is 7.71. The number of H-pyrrole nitrogens is 1. The number of carboxylic acids is 1. The zero-order chi connectivity index (χ0) is 18.1. The summed E-state index contributed by atoms with van der Waals surface area (Å²) in [4.78, 5) is 25.1. The molecule has 0 aromatic carbocycles. The molecule has 1 aromatic rings. The number of nitrogens with one attached hydrogen (secondary N) is 2. The van der Waals surface area contributed by atoms with Gasteiger partial charge in [0.15, 0.2) is 10.5 Å². The lowest BCUT2D eigenvalue weighted by atomic mass is 10.0. The molecule has 1 saturated heterocycles. The van der Waals surface area contributed by atoms with E-state index in [2.05, 4.69) is 10.3 Å². The van der Waals surface area contributed by atoms with E-state index in [1.165, 1.54) is 10.8 Å². The molecule has 4 atom stereocenters. The minimum Gasteiger partial charge on any atom is -0.481 e. The van der Waals surface area contributed by atoms with E-state index in [1.54, 1.807) is 7.05 Å². The van der Waals surface area contributed by atoms with Crippen LogP contribution >= 0.6 is 12.2 Å². The number of aromatic amines is 1. The van der Waals surface area contributed by atoms with Crippen molar-refractivity contribution in [1.29, 1.82) is 0 Å². The number of aromatic nitrogens is 2. The molecule has 10 nitrogen and oxygen atoms in total. The molecule has 24 heavy (non-hydrogen) atoms. The van der Waals surface area contributed by atoms with Crippen LogP contribution in [0.5, 0.6) is 0 Å². The highest BCUT2D eigenvalue weighted by atomic mass is 32.1. The lowest BCUT2D eigenvalue weighted by molar-refractivity contribution is -0.146. The Morgan fingerprint density at radius 2 is 2.21 bits per heavy atom. The molecule has 1 aromatic heterocycles. The van der Waals surface area contributed by atoms with Gasteiger partial charge in [0.2, 0.25) is 0 Å². The minimum atomic E-state index is -1.61. The van der Waals surface area contributed by atoms with Crippen LogP contribution in [0.25, 0.3) is 0 Å². The zero-order valence-corrected chi connectivity index (χ0v) is 13.6. The van der Waals surface area contributed by atoms with Gasteiger partial charge in [-0.05, 0) is 19.3 Å². The van der Waals surface area contributed by atoms with Crippen molar-refractivity contribution in [3.05, 3.63) is 26.9 Å². The van der Waals surface area contributed by atoms with E-state index in [9.17, 15) is 24.9 Å². The second-order valence-electron chi connectivity index (χ2n) is 5.50. The maximum Gasteiger partial charge on any atom is 0.308 e. The number of aliphatic hydroxyl groups is 3. The summed E-state index contributed by atoms with van der Waals surface area (Å²) in [6.07, 6.45) is -3.30. The van der Waals surface area contributed by atoms with Crippen molar-refractivity contribution in [2.75, 3.05) is 20.2 Å². The molecule has 0 radical (unpaired) electrons. The van der Waals surface area contributed by atoms with E-state index in [-0.39, 0.29) is 16.9 Å². The van der Waals surface area contributed by atoms with Gasteiger partial charge in [0.25, 0.3) is 5.56 Å². The van der Waals surface area contributed by atoms with E-state index in [0.29, 0.717) is 0 Å². The van der Waals surface area contributed by atoms with Crippen molar-refractivity contribution in [2.45, 2.75) is 30.5 Å². The monoisotopic (exact) mass is 361 g/mol. The van der Waals surface area contributed by atoms with Gasteiger partial charge in [-0.2, -0.15) is 0 Å². The van der Waals surface area contributed by atoms with E-state index >= 15 is 0 Å². The summed E-state index contributed by atoms with van der Waals surface area (Å²) in [5, 5.41) is 41.5. The number of nitrogens with zero attached hydrogens (tertiary/aromatic N) is 1. The van der Waals surface area contributed by atoms with Gasteiger partial charge in [0, 0.05) is 18.3 Å². The summed E-state index contributed by atoms with van der Waals surface area (Å²) in [6.45, 7) is -0.559. The summed E-state index contributed by atoms with van der Waals surface area (Å²) in [6, 6.07) is 0. The molecule has 0 amide bonds. The molecule has 134 valence electrons. The SMILES string of the molecule is CNC[C@@]1(n2cc(CC(=O)O)c(=O)[nH]c2=S)O[C@H](CO)[C@@H](O)[C@H]1O. The smallest absolute Gasteiger partial charge is 0.308 e. The predicted molar refractivity (Wildman–Crippen MR) is 83.1 cm³/mol. The first-order chi connectivity index (χ1) is 11.3. The lowest BCUT2D eigenvalue weighted by Crippen LogP contribution is -2.52. The molecule has 1 aliphatic heterocycles. The summed E-state index contributed by atoms with van der Waals surface area (Å²) >= 11 is 5.10. The molecule has 0 aliphatic carbocycles. The number of aliphatic carboxylic acids is 1. The number of ether oxygens (including phenoxy) is 1. The van der Waals surface area contributed by atoms with Crippen molar-refractivity contribution in [3.8, 4) is 0 Å². The van der Waals surface area contributed by atoms with Gasteiger partial charge in [0.1, 0.15) is 18.3 Å². The topological polar surface area (TPSA) is 157 Å². The number of carbonyl (C=O) groups is 1. The second kappa shape index (κ2) is 7.09. The third-order valence-corrected chi connectivity index (χ3v) is 4.20. The molecule has 0 spiro atoms. The molecule has 6 N–H and O–H groups in total. The van der Waals surface area contributed by atoms with Crippen molar-refractivity contribution < 1.29 is 30.0 Å². The van der Waals surface area contributed by atoms with Gasteiger partial charge >= 0.3 is 5.97 Å². The van der Waals surface area contributed by atoms with Gasteiger partial charge in [0.05, 0.1) is 13.0 Å². The Morgan fingerprint density at radius 1 is 1.54 bits per heavy atom. The normalized spacial score (nSPS) is 29.8. The van der Waals surface area contributed by atoms with Crippen LogP contribution in [-0.4, -0.2) is 74.5 Å². The van der Waals surface area contributed by atoms with Crippen LogP contribution < -0.4 is 10.9 Å². The first kappa shape index (κ1) is 18.7. The van der Waals surface area contributed by atoms with Crippen LogP contribution in [0.3, 0.4) is 0 Å². The fourth-order valence-corrected chi connectivity index (χ4v) is 3.08. The van der Waals surface area contributed by atoms with E-state index in [0.717, 1.165) is 0 Å². The third kappa shape index (κ3) is 3.14. The van der Waals surface area contributed by atoms with Crippen LogP contribution in [0.4, 0.5) is 0 Å². The lowest BCUT2D eigenvalue weighted by Gasteiger charge is -2.34. The quantitative estimate of drug-likeness (QED) is 0.302. The number of hydrogen-bond acceptors (Lipinski definition) is 8. The molecule has 1 fully saturated rings. The van der Waals surface area contributed by atoms with Crippen LogP contribution in [0, 0.1) is 4.77 Å². The van der Waals surface area contributed by atoms with Crippen LogP contribution in [0.15, 0.2) is 11.0 Å². The predicted octanol–water partition coefficient (Wildman–Crippen LogP) is -2.48. The Hall–Kier alpha value is -1.63. The molecular formula is C13H19N3O7S. The average molecular weight is 361 g/mol. The summed E-state index contributed by atoms with van der Waals surface area (Å²) in [5.41, 5.74) is -2.37. The third-order valence-electron chi connectivity index (χ3n) is 3.90. The van der Waals surface area contributed by atoms with E-state index in [1.807, 2.05) is 0 Å². The minimum absolute atomic E-state index is 0.0193. The Morgan fingerprint density at radius 3 is 2.71 bits per heavy atom. The van der Waals surface area contributed by atoms with Crippen molar-refractivity contribution in [1.82, 2.24) is 14.9 Å². The highest BCUT2D eigenvalue weighted by Gasteiger charge is 2.55. The molecule has 11 heteroatoms. The van der Waals surface area contributed by atoms with Crippen LogP contribution in [0.2, 0.25) is 0 Å². The fourth-order valence-electron chi connectivity index (χ4n) is 2.78. The number of hydrogen-bond donors (Lipinski definition) is 6. The Bertz CT molecular complexity index is 733. The molecular weight excluding hydrogens is 342 g/mol. The first-order valence-electron chi connectivity index (χ1n) is 7.13. The van der Waals surface area contributed by atoms with Crippen molar-refractivity contribution >= 4 is 18.2 Å². The Kier molecular flexibility index (Phi) is 5.52. The number of carboxylic acid groups (broad SMARTS) is 1. The van der Waals surface area contributed by atoms with Gasteiger partial charge in [-0.3, -0.25) is 19.1 Å². The maximum absolute atomic E-state index is 11.9. The molecule has 0 bridgehead atoms. The van der Waals surface area contributed by atoms with Crippen LogP contribution in [-0.2, 0) is 21.7 Å². The molecule has 2 rings (SSSR count). The molecule has 1 aliphatic rings. The Balaban J connectivity index is 2.62. The first-order valence-corrected chi connectivity index (χ1v) is 7.54. The molecule has 0 saturated carbocycles. The van der Waals surface area contributed by atoms with Gasteiger partial charge in [-0.25, -0.2) is 0 Å². The van der Waals surface area contributed by atoms with Gasteiger partial charge in [-0.15, -0.1) is 0 Å². The number of rotatable bonds is 6. The molecule has 0 unspecified atom stereocenters. The van der Waals surface area contributed by atoms with E-state index < -0.39 is 48.6 Å². The second-order valence-corrected chi connectivity index (χ2v) is 5.89. The average Bonchev–Trinajstić information content (AvgIpc) is 2.75. The standard InChI is InChI=1S/C13H19N3O7S/c1-14-5-13(10(21)9(20)7(4-17)23-13)16-3-6(2-8(18)19)11(22)15-12(16)24/h3,7,9-10,14,17,20-21H,2,4-5H2,1H3,(H,18,19)(H,15,22,24)/t7-,9-,10-,13-/m1/s1. The van der Waals surface area contributed by atoms with Crippen LogP contribution in [0.1, 0.15) is 5.56 Å². The largest absolute Gasteiger partial charge is 0.481 e. The number of aliphatic hydroxyl groups excluding tert-OH is 3. The summed E-state index contributed by atoms with van der Waals surface area (Å²) < 4.78 is 6.72. The highest BCUT2D eigenvalue weighted by Crippen LogP contribution is 2.35. The summed E-state index contributed by atoms with van der Waals surface area (Å²) in [5.74, 6) is -1.21. The summed E-state index contributed by atoms with van der Waals surface area (Å²) in [7, 11) is 1.57. The van der Waals surface area contributed by atoms with E-state index in [4.69, 9.17) is 22.1 Å². The van der Waals surface area contributed by atoms with Gasteiger partial charge < -0.3 is 30.5 Å². The fraction of sp³-hybridized carbons (Fsp3) is 0.615. The maximum atomic E-state index is 11.9. The number of likely N-dealkylation sites (N-methyl/N-ethyl adjacent to an activating group) is 1. The van der Waals surface area contributed by atoms with Gasteiger partial charge in [-0.1, -0.05) is 0 Å².